The van der Waals surface area contributed by atoms with Gasteiger partial charge in [-0.15, -0.1) is 0 Å². The molecule has 0 amide bonds. The Bertz CT molecular complexity index is 394. The van der Waals surface area contributed by atoms with Crippen LogP contribution in [0.15, 0.2) is 12.4 Å². The molecule has 3 N–H and O–H groups in total. The molecule has 6 heteroatoms. The Morgan fingerprint density at radius 1 is 1.47 bits per heavy atom. The Balaban J connectivity index is 1.85. The maximum Gasteiger partial charge on any atom is 0.0862 e. The minimum atomic E-state index is -0.412. The lowest BCUT2D eigenvalue weighted by Crippen LogP contribution is -2.43. The SMILES string of the molecule is CC1CN(C)CCCN1CC(O)Cn1cc(N)cn1. The fraction of sp³-hybridized carbons (Fsp3) is 0.769. The van der Waals surface area contributed by atoms with Gasteiger partial charge in [0.1, 0.15) is 0 Å². The molecule has 0 aliphatic carbocycles. The van der Waals surface area contributed by atoms with Crippen LogP contribution < -0.4 is 5.73 Å². The number of aliphatic hydroxyl groups is 1. The molecule has 1 aromatic rings. The maximum atomic E-state index is 10.2. The van der Waals surface area contributed by atoms with Gasteiger partial charge in [-0.3, -0.25) is 9.58 Å². The van der Waals surface area contributed by atoms with Gasteiger partial charge in [0.2, 0.25) is 0 Å². The lowest BCUT2D eigenvalue weighted by Gasteiger charge is -2.29. The first kappa shape index (κ1) is 14.3. The molecule has 19 heavy (non-hydrogen) atoms. The van der Waals surface area contributed by atoms with Crippen molar-refractivity contribution in [3.8, 4) is 0 Å². The van der Waals surface area contributed by atoms with Gasteiger partial charge in [-0.2, -0.15) is 5.10 Å². The van der Waals surface area contributed by atoms with Crippen LogP contribution in [0.2, 0.25) is 0 Å². The molecule has 6 nitrogen and oxygen atoms in total. The largest absolute Gasteiger partial charge is 0.396 e. The summed E-state index contributed by atoms with van der Waals surface area (Å²) in [6.45, 7) is 6.64. The Hall–Kier alpha value is -1.11. The zero-order valence-electron chi connectivity index (χ0n) is 11.9. The van der Waals surface area contributed by atoms with Gasteiger partial charge in [0.25, 0.3) is 0 Å². The number of aromatic nitrogens is 2. The van der Waals surface area contributed by atoms with Crippen molar-refractivity contribution in [3.05, 3.63) is 12.4 Å². The van der Waals surface area contributed by atoms with Gasteiger partial charge in [0, 0.05) is 25.3 Å². The molecule has 1 aliphatic rings. The summed E-state index contributed by atoms with van der Waals surface area (Å²) in [5.74, 6) is 0. The molecule has 2 rings (SSSR count). The number of nitrogens with zero attached hydrogens (tertiary/aromatic N) is 4. The highest BCUT2D eigenvalue weighted by Gasteiger charge is 2.21. The van der Waals surface area contributed by atoms with Crippen molar-refractivity contribution in [3.63, 3.8) is 0 Å². The van der Waals surface area contributed by atoms with Crippen molar-refractivity contribution in [2.75, 3.05) is 39.0 Å². The van der Waals surface area contributed by atoms with E-state index in [1.165, 1.54) is 0 Å². The summed E-state index contributed by atoms with van der Waals surface area (Å²) in [4.78, 5) is 4.71. The second kappa shape index (κ2) is 6.36. The summed E-state index contributed by atoms with van der Waals surface area (Å²) in [6, 6.07) is 0.477. The number of nitrogen functional groups attached to an aromatic ring is 1. The summed E-state index contributed by atoms with van der Waals surface area (Å²) in [5.41, 5.74) is 6.25. The molecule has 1 aromatic heterocycles. The van der Waals surface area contributed by atoms with Crippen LogP contribution in [0.25, 0.3) is 0 Å². The van der Waals surface area contributed by atoms with E-state index in [0.717, 1.165) is 26.1 Å². The van der Waals surface area contributed by atoms with Crippen LogP contribution in [0.4, 0.5) is 5.69 Å². The maximum absolute atomic E-state index is 10.2. The molecule has 108 valence electrons. The van der Waals surface area contributed by atoms with Crippen LogP contribution in [0, 0.1) is 0 Å². The van der Waals surface area contributed by atoms with Crippen molar-refractivity contribution < 1.29 is 5.11 Å². The van der Waals surface area contributed by atoms with Gasteiger partial charge in [-0.25, -0.2) is 0 Å². The van der Waals surface area contributed by atoms with E-state index in [1.807, 2.05) is 0 Å². The predicted octanol–water partition coefficient (Wildman–Crippen LogP) is -0.148. The van der Waals surface area contributed by atoms with E-state index < -0.39 is 6.10 Å². The highest BCUT2D eigenvalue weighted by Crippen LogP contribution is 2.10. The van der Waals surface area contributed by atoms with Crippen LogP contribution >= 0.6 is 0 Å². The Morgan fingerprint density at radius 2 is 2.26 bits per heavy atom. The second-order valence-corrected chi connectivity index (χ2v) is 5.61. The third kappa shape index (κ3) is 4.19. The van der Waals surface area contributed by atoms with E-state index in [0.29, 0.717) is 24.8 Å². The topological polar surface area (TPSA) is 70.5 Å². The Labute approximate surface area is 114 Å². The number of nitrogens with two attached hydrogens (primary N) is 1. The quantitative estimate of drug-likeness (QED) is 0.794. The summed E-state index contributed by atoms with van der Waals surface area (Å²) in [7, 11) is 2.16. The minimum absolute atomic E-state index is 0.412. The third-order valence-electron chi connectivity index (χ3n) is 3.68. The summed E-state index contributed by atoms with van der Waals surface area (Å²) in [5, 5.41) is 14.3. The van der Waals surface area contributed by atoms with Gasteiger partial charge < -0.3 is 15.7 Å². The van der Waals surface area contributed by atoms with E-state index in [-0.39, 0.29) is 0 Å². The Morgan fingerprint density at radius 3 is 2.95 bits per heavy atom. The van der Waals surface area contributed by atoms with E-state index in [1.54, 1.807) is 17.1 Å². The first-order valence-corrected chi connectivity index (χ1v) is 6.93. The van der Waals surface area contributed by atoms with E-state index in [9.17, 15) is 5.11 Å². The molecule has 0 radical (unpaired) electrons. The first-order valence-electron chi connectivity index (χ1n) is 6.93. The zero-order valence-corrected chi connectivity index (χ0v) is 11.9. The van der Waals surface area contributed by atoms with Crippen LogP contribution in [-0.4, -0.2) is 70.1 Å². The number of anilines is 1. The fourth-order valence-corrected chi connectivity index (χ4v) is 2.72. The molecule has 0 saturated carbocycles. The van der Waals surface area contributed by atoms with E-state index in [2.05, 4.69) is 28.9 Å². The molecule has 1 aliphatic heterocycles. The lowest BCUT2D eigenvalue weighted by atomic mass is 10.2. The van der Waals surface area contributed by atoms with Crippen LogP contribution in [0.5, 0.6) is 0 Å². The normalized spacial score (nSPS) is 24.3. The number of aliphatic hydroxyl groups excluding tert-OH is 1. The van der Waals surface area contributed by atoms with Crippen molar-refractivity contribution >= 4 is 5.69 Å². The smallest absolute Gasteiger partial charge is 0.0862 e. The molecule has 0 spiro atoms. The van der Waals surface area contributed by atoms with Gasteiger partial charge in [-0.1, -0.05) is 0 Å². The first-order chi connectivity index (χ1) is 9.04. The number of β-amino-alcohol motifs (C(OH)–C–C–N with tert-alkyl or cyclic N) is 1. The van der Waals surface area contributed by atoms with Crippen molar-refractivity contribution in [1.82, 2.24) is 19.6 Å². The van der Waals surface area contributed by atoms with E-state index in [4.69, 9.17) is 5.73 Å². The molecule has 1 fully saturated rings. The van der Waals surface area contributed by atoms with Crippen LogP contribution in [0.1, 0.15) is 13.3 Å². The van der Waals surface area contributed by atoms with Crippen molar-refractivity contribution in [2.24, 2.45) is 0 Å². The molecular formula is C13H25N5O. The molecule has 1 saturated heterocycles. The zero-order chi connectivity index (χ0) is 13.8. The molecule has 0 bridgehead atoms. The molecule has 2 atom stereocenters. The number of rotatable bonds is 4. The molecule has 2 heterocycles. The van der Waals surface area contributed by atoms with Gasteiger partial charge in [-0.05, 0) is 33.5 Å². The standard InChI is InChI=1S/C13H25N5O/c1-11-7-16(2)4-3-5-17(11)9-13(19)10-18-8-12(14)6-15-18/h6,8,11,13,19H,3-5,7,9-10,14H2,1-2H3. The highest BCUT2D eigenvalue weighted by molar-refractivity contribution is 5.30. The lowest BCUT2D eigenvalue weighted by molar-refractivity contribution is 0.0776. The minimum Gasteiger partial charge on any atom is -0.396 e. The summed E-state index contributed by atoms with van der Waals surface area (Å²) >= 11 is 0. The predicted molar refractivity (Wildman–Crippen MR) is 75.8 cm³/mol. The molecule has 2 unspecified atom stereocenters. The van der Waals surface area contributed by atoms with Gasteiger partial charge in [0.05, 0.1) is 24.5 Å². The number of hydrogen-bond donors (Lipinski definition) is 2. The summed E-state index contributed by atoms with van der Waals surface area (Å²) < 4.78 is 1.70. The Kier molecular flexibility index (Phi) is 4.79. The van der Waals surface area contributed by atoms with Gasteiger partial charge >= 0.3 is 0 Å². The average Bonchev–Trinajstić information content (AvgIpc) is 2.65. The van der Waals surface area contributed by atoms with E-state index >= 15 is 0 Å². The van der Waals surface area contributed by atoms with Crippen LogP contribution in [-0.2, 0) is 6.54 Å². The second-order valence-electron chi connectivity index (χ2n) is 5.61. The van der Waals surface area contributed by atoms with Crippen molar-refractivity contribution in [2.45, 2.75) is 32.0 Å². The third-order valence-corrected chi connectivity index (χ3v) is 3.68. The highest BCUT2D eigenvalue weighted by atomic mass is 16.3. The monoisotopic (exact) mass is 267 g/mol. The fourth-order valence-electron chi connectivity index (χ4n) is 2.72. The van der Waals surface area contributed by atoms with Gasteiger partial charge in [0.15, 0.2) is 0 Å². The van der Waals surface area contributed by atoms with Crippen molar-refractivity contribution in [1.29, 1.82) is 0 Å². The average molecular weight is 267 g/mol. The molecular weight excluding hydrogens is 242 g/mol. The number of likely N-dealkylation sites (N-methyl/N-ethyl adjacent to an activating group) is 1. The molecule has 0 aromatic carbocycles. The summed E-state index contributed by atoms with van der Waals surface area (Å²) in [6.07, 6.45) is 4.10. The van der Waals surface area contributed by atoms with Crippen LogP contribution in [0.3, 0.4) is 0 Å². The number of hydrogen-bond acceptors (Lipinski definition) is 5.